The first-order valence-corrected chi connectivity index (χ1v) is 7.55. The van der Waals surface area contributed by atoms with Crippen molar-refractivity contribution in [2.75, 3.05) is 5.32 Å². The molecule has 22 heavy (non-hydrogen) atoms. The van der Waals surface area contributed by atoms with Crippen molar-refractivity contribution in [3.05, 3.63) is 63.6 Å². The van der Waals surface area contributed by atoms with Crippen molar-refractivity contribution >= 4 is 27.4 Å². The summed E-state index contributed by atoms with van der Waals surface area (Å²) in [5, 5.41) is 3.24. The van der Waals surface area contributed by atoms with E-state index in [0.29, 0.717) is 11.3 Å². The predicted octanol–water partition coefficient (Wildman–Crippen LogP) is 5.17. The van der Waals surface area contributed by atoms with Crippen molar-refractivity contribution in [1.82, 2.24) is 0 Å². The molecule has 0 aliphatic heterocycles. The summed E-state index contributed by atoms with van der Waals surface area (Å²) in [6.07, 6.45) is 0. The van der Waals surface area contributed by atoms with Gasteiger partial charge in [-0.25, -0.2) is 8.78 Å². The van der Waals surface area contributed by atoms with Gasteiger partial charge < -0.3 is 5.32 Å². The van der Waals surface area contributed by atoms with E-state index in [4.69, 9.17) is 0 Å². The molecule has 2 aromatic rings. The van der Waals surface area contributed by atoms with Gasteiger partial charge in [0, 0.05) is 26.8 Å². The number of carbonyl (C=O) groups is 1. The highest BCUT2D eigenvalue weighted by atomic mass is 79.9. The number of para-hydroxylation sites is 1. The fourth-order valence-corrected chi connectivity index (χ4v) is 2.53. The van der Waals surface area contributed by atoms with Gasteiger partial charge in [0.2, 0.25) is 0 Å². The zero-order valence-electron chi connectivity index (χ0n) is 12.5. The molecule has 0 heterocycles. The molecule has 0 aliphatic carbocycles. The molecule has 0 unspecified atom stereocenters. The van der Waals surface area contributed by atoms with Crippen molar-refractivity contribution in [3.63, 3.8) is 0 Å². The Kier molecular flexibility index (Phi) is 4.66. The van der Waals surface area contributed by atoms with Gasteiger partial charge in [0.1, 0.15) is 0 Å². The van der Waals surface area contributed by atoms with E-state index in [1.165, 1.54) is 0 Å². The van der Waals surface area contributed by atoms with Gasteiger partial charge in [0.15, 0.2) is 17.4 Å². The van der Waals surface area contributed by atoms with Crippen LogP contribution in [0.3, 0.4) is 0 Å². The standard InChI is InChI=1S/C17H16BrF2NO/c1-17(2,3)21-15-7-5-4-6-10(15)16(22)11-8-13(19)14(20)9-12(11)18/h4-9,21H,1-3H3. The van der Waals surface area contributed by atoms with Crippen LogP contribution in [0.1, 0.15) is 36.7 Å². The van der Waals surface area contributed by atoms with Crippen LogP contribution in [0.5, 0.6) is 0 Å². The molecule has 0 fully saturated rings. The van der Waals surface area contributed by atoms with E-state index < -0.39 is 11.6 Å². The first kappa shape index (κ1) is 16.6. The van der Waals surface area contributed by atoms with Crippen molar-refractivity contribution in [3.8, 4) is 0 Å². The third-order valence-electron chi connectivity index (χ3n) is 2.94. The van der Waals surface area contributed by atoms with Crippen LogP contribution < -0.4 is 5.32 Å². The third kappa shape index (κ3) is 3.71. The van der Waals surface area contributed by atoms with Gasteiger partial charge in [-0.2, -0.15) is 0 Å². The molecule has 0 aliphatic rings. The molecule has 0 bridgehead atoms. The van der Waals surface area contributed by atoms with Gasteiger partial charge >= 0.3 is 0 Å². The van der Waals surface area contributed by atoms with Crippen molar-refractivity contribution < 1.29 is 13.6 Å². The number of nitrogens with one attached hydrogen (secondary N) is 1. The second-order valence-corrected chi connectivity index (χ2v) is 6.85. The quantitative estimate of drug-likeness (QED) is 0.598. The molecule has 0 spiro atoms. The van der Waals surface area contributed by atoms with Crippen LogP contribution in [0.2, 0.25) is 0 Å². The second kappa shape index (κ2) is 6.16. The summed E-state index contributed by atoms with van der Waals surface area (Å²) in [6, 6.07) is 8.86. The van der Waals surface area contributed by atoms with E-state index in [1.54, 1.807) is 18.2 Å². The molecule has 0 saturated heterocycles. The van der Waals surface area contributed by atoms with E-state index in [9.17, 15) is 13.6 Å². The molecule has 0 atom stereocenters. The van der Waals surface area contributed by atoms with E-state index in [1.807, 2.05) is 26.8 Å². The summed E-state index contributed by atoms with van der Waals surface area (Å²) in [5.74, 6) is -2.42. The fourth-order valence-electron chi connectivity index (χ4n) is 2.04. The normalized spacial score (nSPS) is 11.4. The first-order chi connectivity index (χ1) is 10.2. The Morgan fingerprint density at radius 2 is 1.64 bits per heavy atom. The Morgan fingerprint density at radius 3 is 2.27 bits per heavy atom. The summed E-state index contributed by atoms with van der Waals surface area (Å²) in [6.45, 7) is 5.92. The highest BCUT2D eigenvalue weighted by molar-refractivity contribution is 9.10. The summed E-state index contributed by atoms with van der Waals surface area (Å²) in [5.41, 5.74) is 0.907. The van der Waals surface area contributed by atoms with Crippen LogP contribution in [0, 0.1) is 11.6 Å². The summed E-state index contributed by atoms with van der Waals surface area (Å²) in [7, 11) is 0. The van der Waals surface area contributed by atoms with Crippen molar-refractivity contribution in [2.24, 2.45) is 0 Å². The van der Waals surface area contributed by atoms with Crippen LogP contribution in [-0.2, 0) is 0 Å². The Labute approximate surface area is 136 Å². The molecule has 2 rings (SSSR count). The lowest BCUT2D eigenvalue weighted by atomic mass is 9.99. The molecule has 2 aromatic carbocycles. The van der Waals surface area contributed by atoms with E-state index in [-0.39, 0.29) is 21.4 Å². The van der Waals surface area contributed by atoms with Gasteiger partial charge in [-0.05, 0) is 61.0 Å². The smallest absolute Gasteiger partial charge is 0.196 e. The minimum Gasteiger partial charge on any atom is -0.380 e. The second-order valence-electron chi connectivity index (χ2n) is 6.00. The highest BCUT2D eigenvalue weighted by Gasteiger charge is 2.20. The third-order valence-corrected chi connectivity index (χ3v) is 3.59. The first-order valence-electron chi connectivity index (χ1n) is 6.75. The van der Waals surface area contributed by atoms with E-state index >= 15 is 0 Å². The van der Waals surface area contributed by atoms with Crippen LogP contribution in [0.15, 0.2) is 40.9 Å². The maximum atomic E-state index is 13.4. The fraction of sp³-hybridized carbons (Fsp3) is 0.235. The Hall–Kier alpha value is -1.75. The predicted molar refractivity (Wildman–Crippen MR) is 87.3 cm³/mol. The van der Waals surface area contributed by atoms with Gasteiger partial charge in [0.25, 0.3) is 0 Å². The number of hydrogen-bond acceptors (Lipinski definition) is 2. The average molecular weight is 368 g/mol. The summed E-state index contributed by atoms with van der Waals surface area (Å²) < 4.78 is 26.9. The number of hydrogen-bond donors (Lipinski definition) is 1. The largest absolute Gasteiger partial charge is 0.380 e. The Bertz CT molecular complexity index is 723. The number of benzene rings is 2. The maximum Gasteiger partial charge on any atom is 0.196 e. The minimum atomic E-state index is -1.05. The van der Waals surface area contributed by atoms with Crippen LogP contribution in [-0.4, -0.2) is 11.3 Å². The Morgan fingerprint density at radius 1 is 1.05 bits per heavy atom. The molecule has 2 nitrogen and oxygen atoms in total. The molecular weight excluding hydrogens is 352 g/mol. The van der Waals surface area contributed by atoms with Crippen molar-refractivity contribution in [1.29, 1.82) is 0 Å². The SMILES string of the molecule is CC(C)(C)Nc1ccccc1C(=O)c1cc(F)c(F)cc1Br. The van der Waals surface area contributed by atoms with Gasteiger partial charge in [0.05, 0.1) is 0 Å². The number of ketones is 1. The van der Waals surface area contributed by atoms with Crippen LogP contribution >= 0.6 is 15.9 Å². The van der Waals surface area contributed by atoms with Crippen molar-refractivity contribution in [2.45, 2.75) is 26.3 Å². The van der Waals surface area contributed by atoms with Gasteiger partial charge in [-0.1, -0.05) is 12.1 Å². The molecule has 1 N–H and O–H groups in total. The highest BCUT2D eigenvalue weighted by Crippen LogP contribution is 2.27. The molecule has 116 valence electrons. The number of carbonyl (C=O) groups excluding carboxylic acids is 1. The molecular formula is C17H16BrF2NO. The molecule has 5 heteroatoms. The van der Waals surface area contributed by atoms with Crippen LogP contribution in [0.4, 0.5) is 14.5 Å². The van der Waals surface area contributed by atoms with Crippen LogP contribution in [0.25, 0.3) is 0 Å². The summed E-state index contributed by atoms with van der Waals surface area (Å²) >= 11 is 3.12. The maximum absolute atomic E-state index is 13.4. The zero-order valence-corrected chi connectivity index (χ0v) is 14.1. The van der Waals surface area contributed by atoms with E-state index in [0.717, 1.165) is 12.1 Å². The molecule has 0 aromatic heterocycles. The minimum absolute atomic E-state index is 0.0852. The molecule has 0 amide bonds. The van der Waals surface area contributed by atoms with Gasteiger partial charge in [-0.3, -0.25) is 4.79 Å². The lowest BCUT2D eigenvalue weighted by molar-refractivity contribution is 0.103. The lowest BCUT2D eigenvalue weighted by Gasteiger charge is -2.24. The van der Waals surface area contributed by atoms with Gasteiger partial charge in [-0.15, -0.1) is 0 Å². The number of rotatable bonds is 3. The number of halogens is 3. The number of anilines is 1. The molecule has 0 radical (unpaired) electrons. The zero-order chi connectivity index (χ0) is 16.5. The average Bonchev–Trinajstić information content (AvgIpc) is 2.41. The topological polar surface area (TPSA) is 29.1 Å². The lowest BCUT2D eigenvalue weighted by Crippen LogP contribution is -2.27. The monoisotopic (exact) mass is 367 g/mol. The molecule has 0 saturated carbocycles. The van der Waals surface area contributed by atoms with E-state index in [2.05, 4.69) is 21.2 Å². The summed E-state index contributed by atoms with van der Waals surface area (Å²) in [4.78, 5) is 12.7. The Balaban J connectivity index is 2.49.